The predicted octanol–water partition coefficient (Wildman–Crippen LogP) is 0.554. The van der Waals surface area contributed by atoms with Gasteiger partial charge in [-0.1, -0.05) is 6.92 Å². The molecule has 0 amide bonds. The largest absolute Gasteiger partial charge is 0.465 e. The van der Waals surface area contributed by atoms with Crippen LogP contribution in [-0.4, -0.2) is 74.7 Å². The Labute approximate surface area is 117 Å². The fourth-order valence-electron chi connectivity index (χ4n) is 2.71. The van der Waals surface area contributed by atoms with Gasteiger partial charge in [-0.15, -0.1) is 0 Å². The molecule has 1 heterocycles. The van der Waals surface area contributed by atoms with Crippen molar-refractivity contribution in [3.05, 3.63) is 0 Å². The number of likely N-dealkylation sites (tertiary alicyclic amines) is 1. The quantitative estimate of drug-likeness (QED) is 0.653. The summed E-state index contributed by atoms with van der Waals surface area (Å²) in [5.41, 5.74) is 0. The summed E-state index contributed by atoms with van der Waals surface area (Å²) in [5, 5.41) is 3.24. The van der Waals surface area contributed by atoms with Crippen LogP contribution in [0.2, 0.25) is 0 Å². The van der Waals surface area contributed by atoms with Gasteiger partial charge in [-0.05, 0) is 47.0 Å². The Kier molecular flexibility index (Phi) is 7.34. The van der Waals surface area contributed by atoms with E-state index in [-0.39, 0.29) is 12.0 Å². The summed E-state index contributed by atoms with van der Waals surface area (Å²) in [5.74, 6) is -0.125. The highest BCUT2D eigenvalue weighted by atomic mass is 16.5. The molecule has 0 radical (unpaired) electrons. The zero-order valence-electron chi connectivity index (χ0n) is 12.8. The van der Waals surface area contributed by atoms with Gasteiger partial charge in [-0.2, -0.15) is 0 Å². The highest BCUT2D eigenvalue weighted by Crippen LogP contribution is 2.18. The zero-order valence-corrected chi connectivity index (χ0v) is 12.8. The van der Waals surface area contributed by atoms with Crippen LogP contribution in [-0.2, 0) is 9.53 Å². The second kappa shape index (κ2) is 8.51. The van der Waals surface area contributed by atoms with Gasteiger partial charge < -0.3 is 15.0 Å². The zero-order chi connectivity index (χ0) is 14.3. The molecule has 2 unspecified atom stereocenters. The molecule has 112 valence electrons. The van der Waals surface area contributed by atoms with Crippen LogP contribution in [0.3, 0.4) is 0 Å². The van der Waals surface area contributed by atoms with Crippen molar-refractivity contribution < 1.29 is 9.53 Å². The fraction of sp³-hybridized carbons (Fsp3) is 0.929. The number of nitrogens with zero attached hydrogens (tertiary/aromatic N) is 2. The van der Waals surface area contributed by atoms with E-state index in [1.807, 2.05) is 13.8 Å². The van der Waals surface area contributed by atoms with E-state index in [0.29, 0.717) is 12.6 Å². The minimum atomic E-state index is -0.201. The standard InChI is InChI=1S/C14H29N3O2/c1-5-15-13(14(18)19-6-2)11-17-9-7-8-12(17)10-16(3)4/h12-13,15H,5-11H2,1-4H3. The van der Waals surface area contributed by atoms with Crippen molar-refractivity contribution in [2.24, 2.45) is 0 Å². The Balaban J connectivity index is 2.54. The molecule has 5 nitrogen and oxygen atoms in total. The van der Waals surface area contributed by atoms with E-state index in [0.717, 1.165) is 26.2 Å². The van der Waals surface area contributed by atoms with Gasteiger partial charge in [0.2, 0.25) is 0 Å². The van der Waals surface area contributed by atoms with Gasteiger partial charge in [0.1, 0.15) is 6.04 Å². The molecule has 2 atom stereocenters. The Morgan fingerprint density at radius 3 is 2.79 bits per heavy atom. The summed E-state index contributed by atoms with van der Waals surface area (Å²) >= 11 is 0. The van der Waals surface area contributed by atoms with Gasteiger partial charge in [0.05, 0.1) is 6.61 Å². The molecule has 0 aromatic rings. The van der Waals surface area contributed by atoms with Crippen LogP contribution in [0.4, 0.5) is 0 Å². The Bertz CT molecular complexity index is 271. The van der Waals surface area contributed by atoms with Gasteiger partial charge in [-0.25, -0.2) is 0 Å². The maximum atomic E-state index is 11.9. The molecule has 1 saturated heterocycles. The molecule has 0 bridgehead atoms. The summed E-state index contributed by atoms with van der Waals surface area (Å²) < 4.78 is 5.14. The lowest BCUT2D eigenvalue weighted by Gasteiger charge is -2.30. The molecule has 5 heteroatoms. The summed E-state index contributed by atoms with van der Waals surface area (Å²) in [6, 6.07) is 0.360. The number of rotatable bonds is 8. The lowest BCUT2D eigenvalue weighted by molar-refractivity contribution is -0.146. The van der Waals surface area contributed by atoms with Crippen LogP contribution in [0, 0.1) is 0 Å². The van der Waals surface area contributed by atoms with Crippen LogP contribution >= 0.6 is 0 Å². The fourth-order valence-corrected chi connectivity index (χ4v) is 2.71. The maximum Gasteiger partial charge on any atom is 0.324 e. The molecule has 0 aromatic carbocycles. The van der Waals surface area contributed by atoms with Crippen LogP contribution in [0.25, 0.3) is 0 Å². The molecular formula is C14H29N3O2. The minimum absolute atomic E-state index is 0.125. The second-order valence-electron chi connectivity index (χ2n) is 5.42. The van der Waals surface area contributed by atoms with Crippen molar-refractivity contribution in [2.45, 2.75) is 38.8 Å². The topological polar surface area (TPSA) is 44.8 Å². The smallest absolute Gasteiger partial charge is 0.324 e. The number of nitrogens with one attached hydrogen (secondary N) is 1. The molecule has 0 saturated carbocycles. The number of hydrogen-bond donors (Lipinski definition) is 1. The van der Waals surface area contributed by atoms with Gasteiger partial charge in [0.25, 0.3) is 0 Å². The van der Waals surface area contributed by atoms with Crippen LogP contribution < -0.4 is 5.32 Å². The Hall–Kier alpha value is -0.650. The predicted molar refractivity (Wildman–Crippen MR) is 77.2 cm³/mol. The third kappa shape index (κ3) is 5.47. The maximum absolute atomic E-state index is 11.9. The van der Waals surface area contributed by atoms with Crippen molar-refractivity contribution >= 4 is 5.97 Å². The molecule has 1 rings (SSSR count). The Morgan fingerprint density at radius 2 is 2.21 bits per heavy atom. The molecule has 19 heavy (non-hydrogen) atoms. The highest BCUT2D eigenvalue weighted by molar-refractivity contribution is 5.76. The highest BCUT2D eigenvalue weighted by Gasteiger charge is 2.29. The van der Waals surface area contributed by atoms with Crippen LogP contribution in [0.1, 0.15) is 26.7 Å². The van der Waals surface area contributed by atoms with Crippen molar-refractivity contribution in [3.8, 4) is 0 Å². The summed E-state index contributed by atoms with van der Waals surface area (Å²) in [4.78, 5) is 16.6. The molecule has 1 aliphatic rings. The molecule has 0 aromatic heterocycles. The summed E-state index contributed by atoms with van der Waals surface area (Å²) in [6.45, 7) is 8.00. The van der Waals surface area contributed by atoms with Gasteiger partial charge in [0, 0.05) is 19.1 Å². The first-order chi connectivity index (χ1) is 9.08. The van der Waals surface area contributed by atoms with Crippen molar-refractivity contribution in [1.29, 1.82) is 0 Å². The molecule has 0 aliphatic carbocycles. The summed E-state index contributed by atoms with van der Waals surface area (Å²) in [7, 11) is 4.20. The number of carbonyl (C=O) groups is 1. The Morgan fingerprint density at radius 1 is 1.47 bits per heavy atom. The van der Waals surface area contributed by atoms with Gasteiger partial charge in [-0.3, -0.25) is 9.69 Å². The SMILES string of the molecule is CCNC(CN1CCCC1CN(C)C)C(=O)OCC. The van der Waals surface area contributed by atoms with E-state index in [9.17, 15) is 4.79 Å². The van der Waals surface area contributed by atoms with Crippen molar-refractivity contribution in [2.75, 3.05) is 46.9 Å². The number of ether oxygens (including phenoxy) is 1. The average molecular weight is 271 g/mol. The van der Waals surface area contributed by atoms with Gasteiger partial charge >= 0.3 is 5.97 Å². The van der Waals surface area contributed by atoms with Crippen molar-refractivity contribution in [3.63, 3.8) is 0 Å². The lowest BCUT2D eigenvalue weighted by Crippen LogP contribution is -2.49. The number of hydrogen-bond acceptors (Lipinski definition) is 5. The molecular weight excluding hydrogens is 242 g/mol. The lowest BCUT2D eigenvalue weighted by atomic mass is 10.2. The second-order valence-corrected chi connectivity index (χ2v) is 5.42. The summed E-state index contributed by atoms with van der Waals surface area (Å²) in [6.07, 6.45) is 2.44. The van der Waals surface area contributed by atoms with E-state index >= 15 is 0 Å². The van der Waals surface area contributed by atoms with Crippen molar-refractivity contribution in [1.82, 2.24) is 15.1 Å². The third-order valence-electron chi connectivity index (χ3n) is 3.51. The monoisotopic (exact) mass is 271 g/mol. The van der Waals surface area contributed by atoms with E-state index in [1.165, 1.54) is 12.8 Å². The van der Waals surface area contributed by atoms with E-state index in [4.69, 9.17) is 4.74 Å². The molecule has 0 spiro atoms. The molecule has 1 fully saturated rings. The number of carbonyl (C=O) groups excluding carboxylic acids is 1. The molecule has 1 N–H and O–H groups in total. The minimum Gasteiger partial charge on any atom is -0.465 e. The molecule has 1 aliphatic heterocycles. The van der Waals surface area contributed by atoms with E-state index < -0.39 is 0 Å². The first kappa shape index (κ1) is 16.4. The number of likely N-dealkylation sites (N-methyl/N-ethyl adjacent to an activating group) is 2. The van der Waals surface area contributed by atoms with E-state index in [2.05, 4.69) is 29.2 Å². The van der Waals surface area contributed by atoms with E-state index in [1.54, 1.807) is 0 Å². The van der Waals surface area contributed by atoms with Gasteiger partial charge in [0.15, 0.2) is 0 Å². The van der Waals surface area contributed by atoms with Crippen LogP contribution in [0.5, 0.6) is 0 Å². The number of esters is 1. The van der Waals surface area contributed by atoms with Crippen LogP contribution in [0.15, 0.2) is 0 Å². The first-order valence-electron chi connectivity index (χ1n) is 7.37. The average Bonchev–Trinajstić information content (AvgIpc) is 2.75. The third-order valence-corrected chi connectivity index (χ3v) is 3.51. The first-order valence-corrected chi connectivity index (χ1v) is 7.37. The normalized spacial score (nSPS) is 21.8.